The van der Waals surface area contributed by atoms with Crippen molar-refractivity contribution < 1.29 is 9.53 Å². The van der Waals surface area contributed by atoms with Gasteiger partial charge in [0.1, 0.15) is 0 Å². The van der Waals surface area contributed by atoms with E-state index >= 15 is 0 Å². The van der Waals surface area contributed by atoms with Crippen LogP contribution in [0.4, 0.5) is 0 Å². The maximum absolute atomic E-state index is 12.3. The second-order valence-corrected chi connectivity index (χ2v) is 5.16. The molecule has 0 radical (unpaired) electrons. The molecule has 1 heterocycles. The van der Waals surface area contributed by atoms with Gasteiger partial charge in [0.15, 0.2) is 0 Å². The van der Waals surface area contributed by atoms with Crippen LogP contribution in [0.1, 0.15) is 23.2 Å². The molecule has 1 amide bonds. The molecule has 0 aliphatic heterocycles. The van der Waals surface area contributed by atoms with E-state index in [1.807, 2.05) is 24.3 Å². The van der Waals surface area contributed by atoms with Gasteiger partial charge in [0.05, 0.1) is 12.8 Å². The first-order valence-electron chi connectivity index (χ1n) is 7.03. The van der Waals surface area contributed by atoms with Crippen LogP contribution in [0.5, 0.6) is 5.88 Å². The van der Waals surface area contributed by atoms with Crippen molar-refractivity contribution >= 4 is 5.91 Å². The van der Waals surface area contributed by atoms with Gasteiger partial charge in [0.25, 0.3) is 5.91 Å². The Kier molecular flexibility index (Phi) is 3.81. The van der Waals surface area contributed by atoms with E-state index in [1.165, 1.54) is 12.8 Å². The Bertz CT molecular complexity index is 636. The van der Waals surface area contributed by atoms with E-state index in [9.17, 15) is 4.79 Å². The highest BCUT2D eigenvalue weighted by Gasteiger charge is 2.22. The number of nitrogens with one attached hydrogen (secondary N) is 1. The number of carbonyl (C=O) groups is 1. The standard InChI is InChI=1S/C16H17N3O2/c1-21-15-9-8-14(18-19-15)12-4-2-3-5-13(12)16(20)17-10-11-6-7-11/h2-5,8-9,11H,6-7,10H2,1H3,(H,17,20). The quantitative estimate of drug-likeness (QED) is 0.914. The lowest BCUT2D eigenvalue weighted by Gasteiger charge is -2.09. The third-order valence-electron chi connectivity index (χ3n) is 3.55. The molecule has 0 saturated heterocycles. The molecule has 0 atom stereocenters. The highest BCUT2D eigenvalue weighted by Crippen LogP contribution is 2.28. The lowest BCUT2D eigenvalue weighted by atomic mass is 10.0. The molecule has 1 saturated carbocycles. The van der Waals surface area contributed by atoms with Gasteiger partial charge in [0.2, 0.25) is 5.88 Å². The maximum atomic E-state index is 12.3. The second-order valence-electron chi connectivity index (χ2n) is 5.16. The Balaban J connectivity index is 1.84. The summed E-state index contributed by atoms with van der Waals surface area (Å²) < 4.78 is 5.00. The maximum Gasteiger partial charge on any atom is 0.251 e. The largest absolute Gasteiger partial charge is 0.480 e. The number of aromatic nitrogens is 2. The van der Waals surface area contributed by atoms with E-state index in [-0.39, 0.29) is 5.91 Å². The molecule has 0 bridgehead atoms. The summed E-state index contributed by atoms with van der Waals surface area (Å²) in [6, 6.07) is 11.0. The van der Waals surface area contributed by atoms with Crippen molar-refractivity contribution in [3.8, 4) is 17.1 Å². The van der Waals surface area contributed by atoms with Crippen molar-refractivity contribution in [2.75, 3.05) is 13.7 Å². The van der Waals surface area contributed by atoms with Gasteiger partial charge in [-0.3, -0.25) is 4.79 Å². The van der Waals surface area contributed by atoms with Crippen molar-refractivity contribution in [3.05, 3.63) is 42.0 Å². The van der Waals surface area contributed by atoms with Crippen molar-refractivity contribution in [3.63, 3.8) is 0 Å². The Morgan fingerprint density at radius 3 is 2.71 bits per heavy atom. The van der Waals surface area contributed by atoms with Crippen LogP contribution in [0, 0.1) is 5.92 Å². The lowest BCUT2D eigenvalue weighted by Crippen LogP contribution is -2.26. The van der Waals surface area contributed by atoms with E-state index in [4.69, 9.17) is 4.74 Å². The molecule has 5 nitrogen and oxygen atoms in total. The SMILES string of the molecule is COc1ccc(-c2ccccc2C(=O)NCC2CC2)nn1. The number of ether oxygens (including phenoxy) is 1. The summed E-state index contributed by atoms with van der Waals surface area (Å²) in [4.78, 5) is 12.3. The Hall–Kier alpha value is -2.43. The summed E-state index contributed by atoms with van der Waals surface area (Å²) in [5, 5.41) is 11.1. The van der Waals surface area contributed by atoms with Gasteiger partial charge in [-0.25, -0.2) is 0 Å². The minimum Gasteiger partial charge on any atom is -0.480 e. The van der Waals surface area contributed by atoms with Gasteiger partial charge in [-0.05, 0) is 30.9 Å². The molecular weight excluding hydrogens is 266 g/mol. The zero-order valence-electron chi connectivity index (χ0n) is 11.9. The Labute approximate surface area is 123 Å². The monoisotopic (exact) mass is 283 g/mol. The fourth-order valence-corrected chi connectivity index (χ4v) is 2.13. The zero-order valence-corrected chi connectivity index (χ0v) is 11.9. The topological polar surface area (TPSA) is 64.1 Å². The van der Waals surface area contributed by atoms with E-state index in [0.29, 0.717) is 23.1 Å². The van der Waals surface area contributed by atoms with Crippen LogP contribution in [0.2, 0.25) is 0 Å². The van der Waals surface area contributed by atoms with E-state index in [0.717, 1.165) is 12.1 Å². The first-order chi connectivity index (χ1) is 10.3. The van der Waals surface area contributed by atoms with Crippen molar-refractivity contribution in [1.82, 2.24) is 15.5 Å². The minimum absolute atomic E-state index is 0.0601. The van der Waals surface area contributed by atoms with Crippen molar-refractivity contribution in [1.29, 1.82) is 0 Å². The number of amides is 1. The molecule has 1 aliphatic carbocycles. The third-order valence-corrected chi connectivity index (χ3v) is 3.55. The van der Waals surface area contributed by atoms with Gasteiger partial charge < -0.3 is 10.1 Å². The Morgan fingerprint density at radius 2 is 2.05 bits per heavy atom. The number of nitrogens with zero attached hydrogens (tertiary/aromatic N) is 2. The van der Waals surface area contributed by atoms with Crippen molar-refractivity contribution in [2.24, 2.45) is 5.92 Å². The predicted molar refractivity (Wildman–Crippen MR) is 79.1 cm³/mol. The number of rotatable bonds is 5. The first kappa shape index (κ1) is 13.5. The summed E-state index contributed by atoms with van der Waals surface area (Å²) in [5.41, 5.74) is 2.06. The van der Waals surface area contributed by atoms with Gasteiger partial charge in [-0.2, -0.15) is 0 Å². The van der Waals surface area contributed by atoms with Crippen LogP contribution in [0.25, 0.3) is 11.3 Å². The summed E-state index contributed by atoms with van der Waals surface area (Å²) >= 11 is 0. The van der Waals surface area contributed by atoms with E-state index in [1.54, 1.807) is 19.2 Å². The van der Waals surface area contributed by atoms with E-state index in [2.05, 4.69) is 15.5 Å². The summed E-state index contributed by atoms with van der Waals surface area (Å²) in [7, 11) is 1.54. The van der Waals surface area contributed by atoms with Gasteiger partial charge in [-0.15, -0.1) is 10.2 Å². The van der Waals surface area contributed by atoms with Crippen LogP contribution in [0.15, 0.2) is 36.4 Å². The summed E-state index contributed by atoms with van der Waals surface area (Å²) in [6.45, 7) is 0.751. The minimum atomic E-state index is -0.0601. The second kappa shape index (κ2) is 5.91. The normalized spacial score (nSPS) is 13.8. The number of benzene rings is 1. The van der Waals surface area contributed by atoms with Crippen molar-refractivity contribution in [2.45, 2.75) is 12.8 Å². The van der Waals surface area contributed by atoms with Crippen LogP contribution < -0.4 is 10.1 Å². The molecule has 0 unspecified atom stereocenters. The van der Waals surface area contributed by atoms with Crippen LogP contribution in [0.3, 0.4) is 0 Å². The zero-order chi connectivity index (χ0) is 14.7. The molecule has 108 valence electrons. The average molecular weight is 283 g/mol. The van der Waals surface area contributed by atoms with Gasteiger partial charge in [-0.1, -0.05) is 18.2 Å². The van der Waals surface area contributed by atoms with Crippen LogP contribution in [-0.2, 0) is 0 Å². The van der Waals surface area contributed by atoms with Crippen LogP contribution >= 0.6 is 0 Å². The fraction of sp³-hybridized carbons (Fsp3) is 0.312. The van der Waals surface area contributed by atoms with Gasteiger partial charge >= 0.3 is 0 Å². The number of hydrogen-bond acceptors (Lipinski definition) is 4. The molecule has 21 heavy (non-hydrogen) atoms. The first-order valence-corrected chi connectivity index (χ1v) is 7.03. The molecular formula is C16H17N3O2. The molecule has 1 fully saturated rings. The molecule has 1 aromatic heterocycles. The highest BCUT2D eigenvalue weighted by molar-refractivity contribution is 6.00. The molecule has 0 spiro atoms. The van der Waals surface area contributed by atoms with Crippen LogP contribution in [-0.4, -0.2) is 29.8 Å². The van der Waals surface area contributed by atoms with E-state index < -0.39 is 0 Å². The number of methoxy groups -OCH3 is 1. The lowest BCUT2D eigenvalue weighted by molar-refractivity contribution is 0.0952. The number of hydrogen-bond donors (Lipinski definition) is 1. The van der Waals surface area contributed by atoms with Gasteiger partial charge in [0, 0.05) is 23.7 Å². The molecule has 1 N–H and O–H groups in total. The summed E-state index contributed by atoms with van der Waals surface area (Å²) in [6.07, 6.45) is 2.43. The molecule has 2 aromatic rings. The molecule has 1 aliphatic rings. The molecule has 1 aromatic carbocycles. The molecule has 3 rings (SSSR count). The summed E-state index contributed by atoms with van der Waals surface area (Å²) in [5.74, 6) is 1.05. The predicted octanol–water partition coefficient (Wildman–Crippen LogP) is 2.29. The third kappa shape index (κ3) is 3.18. The fourth-order valence-electron chi connectivity index (χ4n) is 2.13. The Morgan fingerprint density at radius 1 is 1.24 bits per heavy atom. The number of carbonyl (C=O) groups excluding carboxylic acids is 1. The highest BCUT2D eigenvalue weighted by atomic mass is 16.5. The molecule has 5 heteroatoms. The average Bonchev–Trinajstić information content (AvgIpc) is 3.37. The smallest absolute Gasteiger partial charge is 0.251 e.